The zero-order chi connectivity index (χ0) is 9.30. The lowest BCUT2D eigenvalue weighted by molar-refractivity contribution is -0.415. The number of hydrogen-bond donors (Lipinski definition) is 0. The number of aliphatic imine (C=N–C) groups is 1. The molecule has 0 radical (unpaired) electrons. The molecule has 64 valence electrons. The number of nitrogens with zero attached hydrogens (tertiary/aromatic N) is 2. The van der Waals surface area contributed by atoms with Crippen LogP contribution in [0.1, 0.15) is 13.8 Å². The lowest BCUT2D eigenvalue weighted by atomic mass is 10.0. The van der Waals surface area contributed by atoms with E-state index in [1.807, 2.05) is 0 Å². The van der Waals surface area contributed by atoms with Gasteiger partial charge in [0, 0.05) is 0 Å². The molecule has 0 unspecified atom stereocenters. The van der Waals surface area contributed by atoms with Crippen molar-refractivity contribution in [3.63, 3.8) is 0 Å². The smallest absolute Gasteiger partial charge is 0.267 e. The number of hydrogen-bond acceptors (Lipinski definition) is 3. The molecular weight excluding hydrogens is 160 g/mol. The molecule has 0 atom stereocenters. The van der Waals surface area contributed by atoms with E-state index in [9.17, 15) is 14.9 Å². The summed E-state index contributed by atoms with van der Waals surface area (Å²) in [5.74, 6) is -0.642. The molecular formula is C7H8N2O3. The SMILES string of the molecule is CC(C)C1=C([N+](=O)[O-])C=NC1=O. The Morgan fingerprint density at radius 1 is 1.58 bits per heavy atom. The van der Waals surface area contributed by atoms with Crippen LogP contribution in [-0.2, 0) is 4.79 Å². The number of nitro groups is 1. The Morgan fingerprint density at radius 3 is 2.50 bits per heavy atom. The fraction of sp³-hybridized carbons (Fsp3) is 0.429. The molecule has 0 spiro atoms. The minimum absolute atomic E-state index is 0.152. The first-order chi connectivity index (χ1) is 5.54. The van der Waals surface area contributed by atoms with Gasteiger partial charge in [0.25, 0.3) is 11.6 Å². The number of carbonyl (C=O) groups excluding carboxylic acids is 1. The van der Waals surface area contributed by atoms with E-state index in [1.54, 1.807) is 13.8 Å². The molecule has 0 aliphatic carbocycles. The molecule has 1 amide bonds. The van der Waals surface area contributed by atoms with E-state index < -0.39 is 10.8 Å². The molecule has 5 heteroatoms. The topological polar surface area (TPSA) is 72.6 Å². The summed E-state index contributed by atoms with van der Waals surface area (Å²) in [6, 6.07) is 0. The summed E-state index contributed by atoms with van der Waals surface area (Å²) in [6.45, 7) is 3.46. The van der Waals surface area contributed by atoms with E-state index in [2.05, 4.69) is 4.99 Å². The summed E-state index contributed by atoms with van der Waals surface area (Å²) in [7, 11) is 0. The van der Waals surface area contributed by atoms with Crippen LogP contribution in [0, 0.1) is 16.0 Å². The van der Waals surface area contributed by atoms with E-state index in [0.29, 0.717) is 0 Å². The van der Waals surface area contributed by atoms with Crippen molar-refractivity contribution in [1.82, 2.24) is 0 Å². The van der Waals surface area contributed by atoms with Crippen molar-refractivity contribution >= 4 is 12.1 Å². The van der Waals surface area contributed by atoms with Gasteiger partial charge in [0.2, 0.25) is 0 Å². The van der Waals surface area contributed by atoms with Gasteiger partial charge in [-0.05, 0) is 5.92 Å². The van der Waals surface area contributed by atoms with Crippen molar-refractivity contribution in [1.29, 1.82) is 0 Å². The zero-order valence-corrected chi connectivity index (χ0v) is 6.77. The van der Waals surface area contributed by atoms with Gasteiger partial charge in [-0.3, -0.25) is 14.9 Å². The van der Waals surface area contributed by atoms with E-state index in [4.69, 9.17) is 0 Å². The molecule has 1 rings (SSSR count). The lowest BCUT2D eigenvalue weighted by Gasteiger charge is -2.00. The first-order valence-corrected chi connectivity index (χ1v) is 3.51. The normalized spacial score (nSPS) is 16.4. The Morgan fingerprint density at radius 2 is 2.17 bits per heavy atom. The summed E-state index contributed by atoms with van der Waals surface area (Å²) >= 11 is 0. The molecule has 0 N–H and O–H groups in total. The third-order valence-corrected chi connectivity index (χ3v) is 1.58. The molecule has 0 saturated heterocycles. The highest BCUT2D eigenvalue weighted by atomic mass is 16.6. The molecule has 12 heavy (non-hydrogen) atoms. The van der Waals surface area contributed by atoms with Gasteiger partial charge in [-0.1, -0.05) is 13.8 Å². The first-order valence-electron chi connectivity index (χ1n) is 3.51. The standard InChI is InChI=1S/C7H8N2O3/c1-4(2)6-5(9(11)12)3-8-7(6)10/h3-4H,1-2H3. The Kier molecular flexibility index (Phi) is 2.03. The van der Waals surface area contributed by atoms with Crippen LogP contribution in [0.3, 0.4) is 0 Å². The highest BCUT2D eigenvalue weighted by Crippen LogP contribution is 2.20. The van der Waals surface area contributed by atoms with Gasteiger partial charge in [-0.2, -0.15) is 0 Å². The van der Waals surface area contributed by atoms with Crippen molar-refractivity contribution in [2.24, 2.45) is 10.9 Å². The zero-order valence-electron chi connectivity index (χ0n) is 6.77. The molecule has 1 heterocycles. The lowest BCUT2D eigenvalue weighted by Crippen LogP contribution is -2.08. The predicted octanol–water partition coefficient (Wildman–Crippen LogP) is 0.784. The van der Waals surface area contributed by atoms with E-state index in [1.165, 1.54) is 0 Å². The molecule has 0 fully saturated rings. The van der Waals surface area contributed by atoms with Gasteiger partial charge < -0.3 is 0 Å². The largest absolute Gasteiger partial charge is 0.296 e. The van der Waals surface area contributed by atoms with Crippen LogP contribution in [0.2, 0.25) is 0 Å². The highest BCUT2D eigenvalue weighted by molar-refractivity contribution is 6.09. The average molecular weight is 168 g/mol. The van der Waals surface area contributed by atoms with Crippen molar-refractivity contribution < 1.29 is 9.72 Å². The second-order valence-electron chi connectivity index (χ2n) is 2.77. The number of allylic oxidation sites excluding steroid dienone is 1. The summed E-state index contributed by atoms with van der Waals surface area (Å²) in [5, 5.41) is 10.4. The average Bonchev–Trinajstić information content (AvgIpc) is 2.30. The summed E-state index contributed by atoms with van der Waals surface area (Å²) < 4.78 is 0. The second-order valence-corrected chi connectivity index (χ2v) is 2.77. The quantitative estimate of drug-likeness (QED) is 0.451. The highest BCUT2D eigenvalue weighted by Gasteiger charge is 2.29. The van der Waals surface area contributed by atoms with Gasteiger partial charge in [0.15, 0.2) is 0 Å². The van der Waals surface area contributed by atoms with Crippen LogP contribution in [0.4, 0.5) is 0 Å². The minimum Gasteiger partial charge on any atom is -0.267 e. The summed E-state index contributed by atoms with van der Waals surface area (Å²) in [4.78, 5) is 24.1. The van der Waals surface area contributed by atoms with Crippen LogP contribution in [0.15, 0.2) is 16.3 Å². The van der Waals surface area contributed by atoms with E-state index in [-0.39, 0.29) is 17.2 Å². The van der Waals surface area contributed by atoms with Crippen LogP contribution < -0.4 is 0 Å². The van der Waals surface area contributed by atoms with Crippen LogP contribution in [0.25, 0.3) is 0 Å². The van der Waals surface area contributed by atoms with Gasteiger partial charge in [-0.15, -0.1) is 0 Å². The van der Waals surface area contributed by atoms with Crippen molar-refractivity contribution in [3.8, 4) is 0 Å². The van der Waals surface area contributed by atoms with E-state index in [0.717, 1.165) is 6.21 Å². The van der Waals surface area contributed by atoms with E-state index >= 15 is 0 Å². The maximum Gasteiger partial charge on any atom is 0.296 e. The fourth-order valence-electron chi connectivity index (χ4n) is 1.06. The fourth-order valence-corrected chi connectivity index (χ4v) is 1.06. The Labute approximate surface area is 68.9 Å². The summed E-state index contributed by atoms with van der Waals surface area (Å²) in [6.07, 6.45) is 1.01. The maximum atomic E-state index is 11.0. The molecule has 0 aromatic carbocycles. The number of carbonyl (C=O) groups is 1. The maximum absolute atomic E-state index is 11.0. The van der Waals surface area contributed by atoms with Gasteiger partial charge in [0.1, 0.15) is 11.8 Å². The molecule has 0 saturated carbocycles. The minimum atomic E-state index is -0.580. The Bertz CT molecular complexity index is 302. The molecule has 0 aromatic heterocycles. The molecule has 5 nitrogen and oxygen atoms in total. The van der Waals surface area contributed by atoms with Gasteiger partial charge in [0.05, 0.1) is 4.92 Å². The molecule has 0 aromatic rings. The van der Waals surface area contributed by atoms with Crippen molar-refractivity contribution in [2.75, 3.05) is 0 Å². The molecule has 1 aliphatic rings. The first kappa shape index (κ1) is 8.58. The van der Waals surface area contributed by atoms with Crippen LogP contribution in [0.5, 0.6) is 0 Å². The Balaban J connectivity index is 3.13. The third-order valence-electron chi connectivity index (χ3n) is 1.58. The van der Waals surface area contributed by atoms with Gasteiger partial charge >= 0.3 is 0 Å². The molecule has 1 aliphatic heterocycles. The van der Waals surface area contributed by atoms with Crippen LogP contribution in [-0.4, -0.2) is 17.0 Å². The number of amides is 1. The number of rotatable bonds is 2. The summed E-state index contributed by atoms with van der Waals surface area (Å²) in [5.41, 5.74) is 0.0231. The second kappa shape index (κ2) is 2.84. The van der Waals surface area contributed by atoms with Crippen molar-refractivity contribution in [2.45, 2.75) is 13.8 Å². The van der Waals surface area contributed by atoms with Crippen LogP contribution >= 0.6 is 0 Å². The van der Waals surface area contributed by atoms with Gasteiger partial charge in [-0.25, -0.2) is 4.99 Å². The predicted molar refractivity (Wildman–Crippen MR) is 42.4 cm³/mol. The third kappa shape index (κ3) is 1.25. The monoisotopic (exact) mass is 168 g/mol. The Hall–Kier alpha value is -1.52. The van der Waals surface area contributed by atoms with Crippen molar-refractivity contribution in [3.05, 3.63) is 21.4 Å². The molecule has 0 bridgehead atoms.